The van der Waals surface area contributed by atoms with Crippen LogP contribution in [-0.4, -0.2) is 27.4 Å². The van der Waals surface area contributed by atoms with Crippen LogP contribution in [0.2, 0.25) is 0 Å². The Morgan fingerprint density at radius 2 is 1.91 bits per heavy atom. The molecule has 2 N–H and O–H groups in total. The van der Waals surface area contributed by atoms with E-state index in [4.69, 9.17) is 4.74 Å². The molecule has 23 heavy (non-hydrogen) atoms. The minimum absolute atomic E-state index is 0.0208. The van der Waals surface area contributed by atoms with E-state index < -0.39 is 11.8 Å². The average Bonchev–Trinajstić information content (AvgIpc) is 2.58. The highest BCUT2D eigenvalue weighted by Crippen LogP contribution is 2.14. The van der Waals surface area contributed by atoms with E-state index in [1.54, 1.807) is 12.1 Å². The highest BCUT2D eigenvalue weighted by atomic mass is 16.5. The van der Waals surface area contributed by atoms with Crippen molar-refractivity contribution in [3.8, 4) is 5.75 Å². The number of rotatable bonds is 5. The molecule has 0 spiro atoms. The summed E-state index contributed by atoms with van der Waals surface area (Å²) in [4.78, 5) is 27.3. The Kier molecular flexibility index (Phi) is 4.62. The molecule has 3 rings (SSSR count). The molecule has 0 amide bonds. The van der Waals surface area contributed by atoms with Crippen LogP contribution in [0.15, 0.2) is 39.9 Å². The van der Waals surface area contributed by atoms with Crippen LogP contribution < -0.4 is 16.0 Å². The van der Waals surface area contributed by atoms with Crippen LogP contribution in [0.3, 0.4) is 0 Å². The molecule has 1 heterocycles. The van der Waals surface area contributed by atoms with Gasteiger partial charge in [0.2, 0.25) is 0 Å². The van der Waals surface area contributed by atoms with Crippen molar-refractivity contribution in [1.82, 2.24) is 9.55 Å². The van der Waals surface area contributed by atoms with Gasteiger partial charge >= 0.3 is 5.69 Å². The lowest BCUT2D eigenvalue weighted by atomic mass is 9.97. The van der Waals surface area contributed by atoms with Crippen molar-refractivity contribution >= 4 is 0 Å². The summed E-state index contributed by atoms with van der Waals surface area (Å²) in [7, 11) is 0. The van der Waals surface area contributed by atoms with Crippen LogP contribution in [0, 0.1) is 0 Å². The SMILES string of the molecule is O=c1[nH]c2c(c(=O)n1CC(O)COc1ccccc1)CCCC2. The molecule has 0 saturated carbocycles. The zero-order valence-corrected chi connectivity index (χ0v) is 12.8. The number of para-hydroxylation sites is 1. The van der Waals surface area contributed by atoms with E-state index in [0.29, 0.717) is 17.7 Å². The van der Waals surface area contributed by atoms with Gasteiger partial charge in [-0.3, -0.25) is 9.36 Å². The summed E-state index contributed by atoms with van der Waals surface area (Å²) in [6, 6.07) is 9.10. The van der Waals surface area contributed by atoms with Gasteiger partial charge in [-0.1, -0.05) is 18.2 Å². The molecule has 0 aliphatic heterocycles. The van der Waals surface area contributed by atoms with Gasteiger partial charge in [0.1, 0.15) is 18.5 Å². The maximum Gasteiger partial charge on any atom is 0.328 e. The van der Waals surface area contributed by atoms with Crippen LogP contribution in [-0.2, 0) is 19.4 Å². The number of aliphatic hydroxyl groups excluding tert-OH is 1. The lowest BCUT2D eigenvalue weighted by Crippen LogP contribution is -2.43. The maximum absolute atomic E-state index is 12.4. The quantitative estimate of drug-likeness (QED) is 0.857. The summed E-state index contributed by atoms with van der Waals surface area (Å²) < 4.78 is 6.53. The molecule has 1 aromatic carbocycles. The number of aliphatic hydroxyl groups is 1. The molecule has 6 heteroatoms. The number of aryl methyl sites for hydroxylation is 1. The third-order valence-electron chi connectivity index (χ3n) is 4.05. The van der Waals surface area contributed by atoms with Gasteiger partial charge in [-0.05, 0) is 37.8 Å². The van der Waals surface area contributed by atoms with Crippen LogP contribution in [0.5, 0.6) is 5.75 Å². The van der Waals surface area contributed by atoms with E-state index in [1.165, 1.54) is 0 Å². The fraction of sp³-hybridized carbons (Fsp3) is 0.412. The summed E-state index contributed by atoms with van der Waals surface area (Å²) >= 11 is 0. The van der Waals surface area contributed by atoms with E-state index in [2.05, 4.69) is 4.98 Å². The van der Waals surface area contributed by atoms with Gasteiger partial charge in [-0.2, -0.15) is 0 Å². The highest BCUT2D eigenvalue weighted by molar-refractivity contribution is 5.21. The van der Waals surface area contributed by atoms with Gasteiger partial charge in [-0.25, -0.2) is 4.79 Å². The molecular weight excluding hydrogens is 296 g/mol. The molecular formula is C17H20N2O4. The summed E-state index contributed by atoms with van der Waals surface area (Å²) in [5, 5.41) is 10.1. The number of H-pyrrole nitrogens is 1. The van der Waals surface area contributed by atoms with Crippen molar-refractivity contribution in [3.05, 3.63) is 62.4 Å². The molecule has 1 atom stereocenters. The van der Waals surface area contributed by atoms with Crippen LogP contribution >= 0.6 is 0 Å². The predicted molar refractivity (Wildman–Crippen MR) is 85.9 cm³/mol. The van der Waals surface area contributed by atoms with Crippen molar-refractivity contribution in [2.45, 2.75) is 38.3 Å². The second kappa shape index (κ2) is 6.83. The Bertz CT molecular complexity index is 779. The molecule has 1 aliphatic carbocycles. The minimum Gasteiger partial charge on any atom is -0.491 e. The number of nitrogens with one attached hydrogen (secondary N) is 1. The molecule has 6 nitrogen and oxygen atoms in total. The van der Waals surface area contributed by atoms with Gasteiger partial charge < -0.3 is 14.8 Å². The van der Waals surface area contributed by atoms with Crippen LogP contribution in [0.4, 0.5) is 0 Å². The topological polar surface area (TPSA) is 84.3 Å². The van der Waals surface area contributed by atoms with E-state index >= 15 is 0 Å². The smallest absolute Gasteiger partial charge is 0.328 e. The van der Waals surface area contributed by atoms with E-state index in [1.807, 2.05) is 18.2 Å². The summed E-state index contributed by atoms with van der Waals surface area (Å²) in [6.45, 7) is -0.0543. The fourth-order valence-corrected chi connectivity index (χ4v) is 2.87. The van der Waals surface area contributed by atoms with Gasteiger partial charge in [0.25, 0.3) is 5.56 Å². The van der Waals surface area contributed by atoms with E-state index in [-0.39, 0.29) is 18.7 Å². The monoisotopic (exact) mass is 316 g/mol. The van der Waals surface area contributed by atoms with Crippen molar-refractivity contribution in [2.24, 2.45) is 0 Å². The molecule has 0 saturated heterocycles. The molecule has 1 aliphatic rings. The number of benzene rings is 1. The highest BCUT2D eigenvalue weighted by Gasteiger charge is 2.18. The van der Waals surface area contributed by atoms with E-state index in [0.717, 1.165) is 29.5 Å². The molecule has 2 aromatic rings. The summed E-state index contributed by atoms with van der Waals surface area (Å²) in [5.74, 6) is 0.637. The third kappa shape index (κ3) is 3.53. The lowest BCUT2D eigenvalue weighted by molar-refractivity contribution is 0.0902. The largest absolute Gasteiger partial charge is 0.491 e. The first-order chi connectivity index (χ1) is 11.1. The number of aromatic amines is 1. The molecule has 0 fully saturated rings. The predicted octanol–water partition coefficient (Wildman–Crippen LogP) is 0.855. The molecule has 0 radical (unpaired) electrons. The van der Waals surface area contributed by atoms with Crippen LogP contribution in [0.1, 0.15) is 24.1 Å². The number of hydrogen-bond donors (Lipinski definition) is 2. The van der Waals surface area contributed by atoms with Gasteiger partial charge in [-0.15, -0.1) is 0 Å². The average molecular weight is 316 g/mol. The van der Waals surface area contributed by atoms with Crippen LogP contribution in [0.25, 0.3) is 0 Å². The number of hydrogen-bond acceptors (Lipinski definition) is 4. The van der Waals surface area contributed by atoms with Gasteiger partial charge in [0, 0.05) is 11.3 Å². The first kappa shape index (κ1) is 15.6. The number of fused-ring (bicyclic) bond motifs is 1. The first-order valence-corrected chi connectivity index (χ1v) is 7.86. The Morgan fingerprint density at radius 3 is 2.70 bits per heavy atom. The number of aromatic nitrogens is 2. The second-order valence-corrected chi connectivity index (χ2v) is 5.79. The maximum atomic E-state index is 12.4. The summed E-state index contributed by atoms with van der Waals surface area (Å²) in [6.07, 6.45) is 2.42. The molecule has 0 bridgehead atoms. The Hall–Kier alpha value is -2.34. The van der Waals surface area contributed by atoms with Crippen molar-refractivity contribution in [1.29, 1.82) is 0 Å². The first-order valence-electron chi connectivity index (χ1n) is 7.86. The molecule has 1 unspecified atom stereocenters. The Labute approximate surface area is 133 Å². The van der Waals surface area contributed by atoms with Crippen molar-refractivity contribution in [2.75, 3.05) is 6.61 Å². The number of ether oxygens (including phenoxy) is 1. The Balaban J connectivity index is 1.72. The van der Waals surface area contributed by atoms with E-state index in [9.17, 15) is 14.7 Å². The third-order valence-corrected chi connectivity index (χ3v) is 4.05. The normalized spacial score (nSPS) is 15.0. The zero-order valence-electron chi connectivity index (χ0n) is 12.8. The van der Waals surface area contributed by atoms with Crippen molar-refractivity contribution in [3.63, 3.8) is 0 Å². The Morgan fingerprint density at radius 1 is 1.17 bits per heavy atom. The molecule has 1 aromatic heterocycles. The lowest BCUT2D eigenvalue weighted by Gasteiger charge is -2.18. The minimum atomic E-state index is -0.935. The van der Waals surface area contributed by atoms with Gasteiger partial charge in [0.15, 0.2) is 0 Å². The van der Waals surface area contributed by atoms with Gasteiger partial charge in [0.05, 0.1) is 6.54 Å². The second-order valence-electron chi connectivity index (χ2n) is 5.79. The number of nitrogens with zero attached hydrogens (tertiary/aromatic N) is 1. The zero-order chi connectivity index (χ0) is 16.2. The van der Waals surface area contributed by atoms with Crippen molar-refractivity contribution < 1.29 is 9.84 Å². The summed E-state index contributed by atoms with van der Waals surface area (Å²) in [5.41, 5.74) is 0.668. The standard InChI is InChI=1S/C17H20N2O4/c20-12(11-23-13-6-2-1-3-7-13)10-19-16(21)14-8-4-5-9-15(14)18-17(19)22/h1-3,6-7,12,20H,4-5,8-11H2,(H,18,22). The fourth-order valence-electron chi connectivity index (χ4n) is 2.87. The molecule has 122 valence electrons.